The number of ether oxygens (including phenoxy) is 2. The first-order valence-corrected chi connectivity index (χ1v) is 6.88. The second-order valence-electron chi connectivity index (χ2n) is 4.46. The minimum absolute atomic E-state index is 0.0691. The number of hydrogen-bond donors (Lipinski definition) is 2. The molecule has 0 fully saturated rings. The molecule has 0 aliphatic rings. The molecule has 1 aromatic rings. The van der Waals surface area contributed by atoms with E-state index in [0.29, 0.717) is 23.6 Å². The normalized spacial score (nSPS) is 9.86. The molecule has 0 aliphatic heterocycles. The van der Waals surface area contributed by atoms with Gasteiger partial charge >= 0.3 is 0 Å². The maximum Gasteiger partial charge on any atom is 0.251 e. The van der Waals surface area contributed by atoms with Crippen LogP contribution in [0.4, 0.5) is 0 Å². The molecule has 6 heteroatoms. The Labute approximate surface area is 124 Å². The zero-order valence-electron chi connectivity index (χ0n) is 12.7. The minimum Gasteiger partial charge on any atom is -0.497 e. The first-order chi connectivity index (χ1) is 10.1. The van der Waals surface area contributed by atoms with E-state index in [9.17, 15) is 9.59 Å². The van der Waals surface area contributed by atoms with Crippen molar-refractivity contribution >= 4 is 11.8 Å². The van der Waals surface area contributed by atoms with Crippen LogP contribution in [-0.4, -0.2) is 39.1 Å². The highest BCUT2D eigenvalue weighted by Gasteiger charge is 2.10. The van der Waals surface area contributed by atoms with Crippen LogP contribution < -0.4 is 20.1 Å². The van der Waals surface area contributed by atoms with Crippen LogP contribution in [0.2, 0.25) is 0 Å². The highest BCUT2D eigenvalue weighted by atomic mass is 16.5. The predicted octanol–water partition coefficient (Wildman–Crippen LogP) is 1.35. The summed E-state index contributed by atoms with van der Waals surface area (Å²) in [5.74, 6) is 0.747. The van der Waals surface area contributed by atoms with Crippen molar-refractivity contribution in [2.24, 2.45) is 0 Å². The topological polar surface area (TPSA) is 76.7 Å². The standard InChI is InChI=1S/C15H22N2O4/c1-4-6-16-14(18)5-7-17-15(19)11-8-12(20-2)10-13(9-11)21-3/h8-10H,4-7H2,1-3H3,(H,16,18)(H,17,19). The van der Waals surface area contributed by atoms with Gasteiger partial charge in [0.25, 0.3) is 5.91 Å². The lowest BCUT2D eigenvalue weighted by Crippen LogP contribution is -2.31. The lowest BCUT2D eigenvalue weighted by atomic mass is 10.2. The first kappa shape index (κ1) is 16.8. The molecule has 0 unspecified atom stereocenters. The second kappa shape index (κ2) is 8.84. The van der Waals surface area contributed by atoms with Crippen LogP contribution in [0.1, 0.15) is 30.1 Å². The molecule has 0 aromatic heterocycles. The van der Waals surface area contributed by atoms with Crippen LogP contribution in [0.15, 0.2) is 18.2 Å². The Morgan fingerprint density at radius 2 is 1.62 bits per heavy atom. The summed E-state index contributed by atoms with van der Waals surface area (Å²) < 4.78 is 10.2. The third-order valence-corrected chi connectivity index (χ3v) is 2.82. The third kappa shape index (κ3) is 5.72. The van der Waals surface area contributed by atoms with E-state index in [1.165, 1.54) is 14.2 Å². The summed E-state index contributed by atoms with van der Waals surface area (Å²) in [5.41, 5.74) is 0.431. The Morgan fingerprint density at radius 1 is 1.00 bits per heavy atom. The van der Waals surface area contributed by atoms with E-state index < -0.39 is 0 Å². The Hall–Kier alpha value is -2.24. The smallest absolute Gasteiger partial charge is 0.251 e. The summed E-state index contributed by atoms with van der Waals surface area (Å²) in [7, 11) is 3.04. The van der Waals surface area contributed by atoms with Crippen molar-refractivity contribution in [2.45, 2.75) is 19.8 Å². The lowest BCUT2D eigenvalue weighted by Gasteiger charge is -2.09. The van der Waals surface area contributed by atoms with Crippen LogP contribution in [0.3, 0.4) is 0 Å². The predicted molar refractivity (Wildman–Crippen MR) is 79.8 cm³/mol. The zero-order valence-corrected chi connectivity index (χ0v) is 12.7. The van der Waals surface area contributed by atoms with E-state index >= 15 is 0 Å². The summed E-state index contributed by atoms with van der Waals surface area (Å²) in [6.07, 6.45) is 1.15. The number of benzene rings is 1. The molecule has 0 aliphatic carbocycles. The molecule has 0 saturated heterocycles. The fourth-order valence-electron chi connectivity index (χ4n) is 1.68. The molecule has 0 heterocycles. The van der Waals surface area contributed by atoms with Gasteiger partial charge in [-0.1, -0.05) is 6.92 Å². The van der Waals surface area contributed by atoms with Crippen LogP contribution in [-0.2, 0) is 4.79 Å². The molecule has 2 N–H and O–H groups in total. The molecule has 0 atom stereocenters. The number of carbonyl (C=O) groups is 2. The van der Waals surface area contributed by atoms with E-state index in [-0.39, 0.29) is 24.8 Å². The van der Waals surface area contributed by atoms with Crippen molar-refractivity contribution in [2.75, 3.05) is 27.3 Å². The largest absolute Gasteiger partial charge is 0.497 e. The van der Waals surface area contributed by atoms with Crippen molar-refractivity contribution in [3.63, 3.8) is 0 Å². The third-order valence-electron chi connectivity index (χ3n) is 2.82. The molecule has 2 amide bonds. The van der Waals surface area contributed by atoms with Gasteiger partial charge in [-0.2, -0.15) is 0 Å². The molecular weight excluding hydrogens is 272 g/mol. The van der Waals surface area contributed by atoms with E-state index in [2.05, 4.69) is 10.6 Å². The number of hydrogen-bond acceptors (Lipinski definition) is 4. The van der Waals surface area contributed by atoms with Crippen molar-refractivity contribution in [3.05, 3.63) is 23.8 Å². The molecular formula is C15H22N2O4. The van der Waals surface area contributed by atoms with Crippen molar-refractivity contribution < 1.29 is 19.1 Å². The van der Waals surface area contributed by atoms with E-state index in [1.807, 2.05) is 6.92 Å². The monoisotopic (exact) mass is 294 g/mol. The number of methoxy groups -OCH3 is 2. The zero-order chi connectivity index (χ0) is 15.7. The van der Waals surface area contributed by atoms with Crippen molar-refractivity contribution in [3.8, 4) is 11.5 Å². The fraction of sp³-hybridized carbons (Fsp3) is 0.467. The maximum absolute atomic E-state index is 12.0. The Kier molecular flexibility index (Phi) is 7.08. The van der Waals surface area contributed by atoms with Gasteiger partial charge in [-0.25, -0.2) is 0 Å². The van der Waals surface area contributed by atoms with E-state index in [0.717, 1.165) is 6.42 Å². The molecule has 21 heavy (non-hydrogen) atoms. The average Bonchev–Trinajstić information content (AvgIpc) is 2.52. The number of amides is 2. The van der Waals surface area contributed by atoms with Gasteiger partial charge in [0.05, 0.1) is 14.2 Å². The highest BCUT2D eigenvalue weighted by Crippen LogP contribution is 2.22. The first-order valence-electron chi connectivity index (χ1n) is 6.88. The second-order valence-corrected chi connectivity index (χ2v) is 4.46. The SMILES string of the molecule is CCCNC(=O)CCNC(=O)c1cc(OC)cc(OC)c1. The number of rotatable bonds is 8. The molecule has 1 rings (SSSR count). The molecule has 0 spiro atoms. The van der Waals surface area contributed by atoms with Crippen LogP contribution in [0.25, 0.3) is 0 Å². The molecule has 6 nitrogen and oxygen atoms in total. The molecule has 0 bridgehead atoms. The van der Waals surface area contributed by atoms with Crippen LogP contribution in [0, 0.1) is 0 Å². The Morgan fingerprint density at radius 3 is 2.14 bits per heavy atom. The molecule has 1 aromatic carbocycles. The summed E-state index contributed by atoms with van der Waals surface area (Å²) in [4.78, 5) is 23.4. The minimum atomic E-state index is -0.268. The van der Waals surface area contributed by atoms with Gasteiger partial charge in [0, 0.05) is 31.1 Å². The van der Waals surface area contributed by atoms with Gasteiger partial charge in [-0.05, 0) is 18.6 Å². The van der Waals surface area contributed by atoms with Crippen LogP contribution in [0.5, 0.6) is 11.5 Å². The van der Waals surface area contributed by atoms with E-state index in [4.69, 9.17) is 9.47 Å². The Bertz CT molecular complexity index is 466. The molecule has 116 valence electrons. The summed E-state index contributed by atoms with van der Waals surface area (Å²) in [5, 5.41) is 5.45. The van der Waals surface area contributed by atoms with Crippen LogP contribution >= 0.6 is 0 Å². The van der Waals surface area contributed by atoms with Crippen molar-refractivity contribution in [1.82, 2.24) is 10.6 Å². The summed E-state index contributed by atoms with van der Waals surface area (Å²) >= 11 is 0. The lowest BCUT2D eigenvalue weighted by molar-refractivity contribution is -0.120. The van der Waals surface area contributed by atoms with Gasteiger partial charge in [0.2, 0.25) is 5.91 Å². The van der Waals surface area contributed by atoms with Gasteiger partial charge in [0.1, 0.15) is 11.5 Å². The maximum atomic E-state index is 12.0. The molecule has 0 saturated carbocycles. The van der Waals surface area contributed by atoms with Gasteiger partial charge in [0.15, 0.2) is 0 Å². The summed E-state index contributed by atoms with van der Waals surface area (Å²) in [6.45, 7) is 2.92. The number of carbonyl (C=O) groups excluding carboxylic acids is 2. The van der Waals surface area contributed by atoms with Gasteiger partial charge < -0.3 is 20.1 Å². The van der Waals surface area contributed by atoms with Gasteiger partial charge in [-0.3, -0.25) is 9.59 Å². The highest BCUT2D eigenvalue weighted by molar-refractivity contribution is 5.95. The quantitative estimate of drug-likeness (QED) is 0.759. The average molecular weight is 294 g/mol. The van der Waals surface area contributed by atoms with Crippen molar-refractivity contribution in [1.29, 1.82) is 0 Å². The molecule has 0 radical (unpaired) electrons. The fourth-order valence-corrected chi connectivity index (χ4v) is 1.68. The van der Waals surface area contributed by atoms with E-state index in [1.54, 1.807) is 18.2 Å². The Balaban J connectivity index is 2.53. The summed E-state index contributed by atoms with van der Waals surface area (Å²) in [6, 6.07) is 4.93. The van der Waals surface area contributed by atoms with Gasteiger partial charge in [-0.15, -0.1) is 0 Å². The number of nitrogens with one attached hydrogen (secondary N) is 2.